The van der Waals surface area contributed by atoms with Crippen LogP contribution in [-0.2, 0) is 0 Å². The summed E-state index contributed by atoms with van der Waals surface area (Å²) in [5.41, 5.74) is 0.0633. The number of hydrogen-bond acceptors (Lipinski definition) is 4. The summed E-state index contributed by atoms with van der Waals surface area (Å²) in [5, 5.41) is 20.9. The minimum atomic E-state index is -1.24. The van der Waals surface area contributed by atoms with E-state index in [-0.39, 0.29) is 21.2 Å². The first-order valence-electron chi connectivity index (χ1n) is 9.64. The van der Waals surface area contributed by atoms with Crippen molar-refractivity contribution in [3.8, 4) is 0 Å². The predicted molar refractivity (Wildman–Crippen MR) is 103 cm³/mol. The van der Waals surface area contributed by atoms with Crippen molar-refractivity contribution in [1.29, 1.82) is 0 Å². The number of hydrogen-bond donors (Lipinski definition) is 2. The van der Waals surface area contributed by atoms with Gasteiger partial charge >= 0.3 is 2.82 Å². The number of carboxylic acid groups (broad SMARTS) is 2. The molecular formula is C20H22Cl2N2O4. The van der Waals surface area contributed by atoms with Gasteiger partial charge in [-0.05, 0) is 12.1 Å². The van der Waals surface area contributed by atoms with E-state index in [2.05, 4.69) is 0 Å². The van der Waals surface area contributed by atoms with Crippen molar-refractivity contribution in [3.63, 3.8) is 0 Å². The second kappa shape index (κ2) is 11.0. The molecule has 2 bridgehead atoms. The van der Waals surface area contributed by atoms with Crippen LogP contribution in [0.25, 0.3) is 0 Å². The average molecular weight is 427 g/mol. The van der Waals surface area contributed by atoms with E-state index in [1.54, 1.807) is 24.3 Å². The lowest BCUT2D eigenvalue weighted by Crippen LogP contribution is -3.35. The molecule has 8 heteroatoms. The maximum Gasteiger partial charge on any atom is 0.348 e. The van der Waals surface area contributed by atoms with Gasteiger partial charge in [-0.1, -0.05) is 59.6 Å². The highest BCUT2D eigenvalue weighted by Gasteiger charge is 2.29. The highest BCUT2D eigenvalue weighted by atomic mass is 35.5. The quantitative estimate of drug-likeness (QED) is 0.592. The van der Waals surface area contributed by atoms with E-state index in [9.17, 15) is 19.8 Å². The molecule has 28 heavy (non-hydrogen) atoms. The Morgan fingerprint density at radius 2 is 1.00 bits per heavy atom. The van der Waals surface area contributed by atoms with Crippen LogP contribution in [0, 0.1) is 0 Å². The third kappa shape index (κ3) is 6.80. The molecule has 2 N–H and O–H groups in total. The normalized spacial score (nSPS) is 25.8. The Hall–Kier alpha value is -2.12. The molecule has 0 aliphatic carbocycles. The first-order chi connectivity index (χ1) is 14.1. The zero-order chi connectivity index (χ0) is 22.4. The van der Waals surface area contributed by atoms with Crippen molar-refractivity contribution in [1.82, 2.24) is 0 Å². The van der Waals surface area contributed by atoms with Crippen molar-refractivity contribution in [2.24, 2.45) is 0 Å². The van der Waals surface area contributed by atoms with Crippen LogP contribution in [0.1, 0.15) is 20.7 Å². The number of piperazine rings is 3. The predicted octanol–water partition coefficient (Wildman–Crippen LogP) is -1.81. The molecule has 3 aliphatic rings. The maximum atomic E-state index is 10.2. The summed E-state index contributed by atoms with van der Waals surface area (Å²) in [6.45, 7) is 5.35. The van der Waals surface area contributed by atoms with Gasteiger partial charge in [0.05, 0.1) is 11.9 Å². The van der Waals surface area contributed by atoms with E-state index in [4.69, 9.17) is 26.0 Å². The summed E-state index contributed by atoms with van der Waals surface area (Å²) < 4.78 is 15.7. The van der Waals surface area contributed by atoms with Gasteiger partial charge in [0.2, 0.25) is 0 Å². The highest BCUT2D eigenvalue weighted by molar-refractivity contribution is 6.33. The van der Waals surface area contributed by atoms with Crippen LogP contribution in [0.5, 0.6) is 0 Å². The van der Waals surface area contributed by atoms with E-state index in [1.807, 2.05) is 0 Å². The van der Waals surface area contributed by atoms with Crippen LogP contribution >= 0.6 is 23.2 Å². The standard InChI is InChI=1S/2C7H5ClO2.C6H12N2/c2*8-6-4-2-1-3-5(6)7(9)10;1-2-8-5-3-7(1)4-6-8/h2*1-4H,(H,9,10);1-6H2/i/hD2. The van der Waals surface area contributed by atoms with E-state index in [0.29, 0.717) is 9.79 Å². The van der Waals surface area contributed by atoms with Crippen LogP contribution in [0.15, 0.2) is 48.5 Å². The molecule has 2 aromatic rings. The Labute approximate surface area is 176 Å². The number of benzene rings is 2. The fourth-order valence-corrected chi connectivity index (χ4v) is 3.20. The summed E-state index contributed by atoms with van der Waals surface area (Å²) in [5.74, 6) is -2.49. The number of rotatable bonds is 2. The molecule has 0 unspecified atom stereocenters. The zero-order valence-electron chi connectivity index (χ0n) is 17.1. The molecule has 0 aromatic heterocycles. The molecule has 0 saturated carbocycles. The summed E-state index contributed by atoms with van der Waals surface area (Å²) in [7, 11) is 0. The number of nitrogens with one attached hydrogen (secondary N) is 2. The van der Waals surface area contributed by atoms with Gasteiger partial charge in [-0.2, -0.15) is 0 Å². The number of quaternary nitrogens is 2. The van der Waals surface area contributed by atoms with Gasteiger partial charge in [0, 0.05) is 21.2 Å². The smallest absolute Gasteiger partial charge is 0.348 e. The second-order valence-electron chi connectivity index (χ2n) is 6.22. The summed E-state index contributed by atoms with van der Waals surface area (Å²) in [6.07, 6.45) is 0. The number of fused-ring (bicyclic) bond motifs is 3. The van der Waals surface area contributed by atoms with Crippen molar-refractivity contribution < 1.29 is 32.4 Å². The van der Waals surface area contributed by atoms with Crippen molar-refractivity contribution >= 4 is 35.1 Å². The number of aromatic carboxylic acids is 2. The molecule has 2 aromatic carbocycles. The van der Waals surface area contributed by atoms with E-state index >= 15 is 0 Å². The zero-order valence-corrected chi connectivity index (χ0v) is 16.7. The van der Waals surface area contributed by atoms with Gasteiger partial charge in [0.1, 0.15) is 39.3 Å². The van der Waals surface area contributed by atoms with Gasteiger partial charge in [0.25, 0.3) is 0 Å². The molecule has 0 atom stereocenters. The van der Waals surface area contributed by atoms with Gasteiger partial charge in [-0.3, -0.25) is 0 Å². The van der Waals surface area contributed by atoms with Crippen LogP contribution < -0.4 is 20.0 Å². The van der Waals surface area contributed by atoms with Crippen LogP contribution in [-0.4, -0.2) is 51.2 Å². The van der Waals surface area contributed by atoms with E-state index in [1.165, 1.54) is 24.3 Å². The van der Waals surface area contributed by atoms with Crippen molar-refractivity contribution in [2.45, 2.75) is 0 Å². The monoisotopic (exact) mass is 426 g/mol. The number of halogens is 2. The molecule has 150 valence electrons. The fourth-order valence-electron chi connectivity index (χ4n) is 2.77. The third-order valence-corrected chi connectivity index (χ3v) is 5.04. The Morgan fingerprint density at radius 3 is 1.21 bits per heavy atom. The lowest BCUT2D eigenvalue weighted by Gasteiger charge is -2.35. The molecule has 3 fully saturated rings. The Kier molecular flexibility index (Phi) is 7.56. The first kappa shape index (κ1) is 19.2. The molecule has 6 nitrogen and oxygen atoms in total. The fraction of sp³-hybridized carbons (Fsp3) is 0.300. The van der Waals surface area contributed by atoms with Gasteiger partial charge in [-0.25, -0.2) is 0 Å². The first-order valence-corrected chi connectivity index (χ1v) is 9.50. The lowest BCUT2D eigenvalue weighted by molar-refractivity contribution is -1.06. The summed E-state index contributed by atoms with van der Waals surface area (Å²) >= 11 is 11.0. The summed E-state index contributed by atoms with van der Waals surface area (Å²) in [4.78, 5) is 21.4. The third-order valence-electron chi connectivity index (χ3n) is 4.38. The van der Waals surface area contributed by atoms with E-state index in [0.717, 1.165) is 39.3 Å². The molecule has 0 spiro atoms. The molecule has 0 amide bonds. The largest absolute Gasteiger partial charge is 0.545 e. The van der Waals surface area contributed by atoms with Crippen LogP contribution in [0.3, 0.4) is 0 Å². The van der Waals surface area contributed by atoms with Crippen molar-refractivity contribution in [2.75, 3.05) is 39.3 Å². The molecular weight excluding hydrogens is 403 g/mol. The Bertz CT molecular complexity index is 816. The molecule has 3 aliphatic heterocycles. The highest BCUT2D eigenvalue weighted by Crippen LogP contribution is 2.13. The van der Waals surface area contributed by atoms with E-state index < -0.39 is 11.9 Å². The lowest BCUT2D eigenvalue weighted by atomic mass is 10.2. The summed E-state index contributed by atoms with van der Waals surface area (Å²) in [6, 6.07) is 12.3. The minimum Gasteiger partial charge on any atom is -0.545 e. The topological polar surface area (TPSA) is 89.1 Å². The Balaban J connectivity index is 0.000000160. The number of carbonyl (C=O) groups is 2. The van der Waals surface area contributed by atoms with Gasteiger partial charge in [0.15, 0.2) is 0 Å². The molecule has 3 saturated heterocycles. The van der Waals surface area contributed by atoms with Crippen molar-refractivity contribution in [3.05, 3.63) is 69.7 Å². The second-order valence-corrected chi connectivity index (χ2v) is 7.03. The Morgan fingerprint density at radius 1 is 0.714 bits per heavy atom. The molecule has 0 radical (unpaired) electrons. The maximum absolute atomic E-state index is 10.2. The van der Waals surface area contributed by atoms with Gasteiger partial charge in [-0.15, -0.1) is 0 Å². The SMILES string of the molecule is O=C([O-])c1ccccc1Cl.O=C([O-])c1ccccc1Cl.[2H][N+]12CC[N+]([2H])(CC1)CC2. The number of carboxylic acids is 2. The van der Waals surface area contributed by atoms with Gasteiger partial charge < -0.3 is 29.6 Å². The average Bonchev–Trinajstić information content (AvgIpc) is 2.71. The van der Waals surface area contributed by atoms with Crippen LogP contribution in [0.2, 0.25) is 12.9 Å². The molecule has 3 heterocycles. The molecule has 5 rings (SSSR count). The number of carbonyl (C=O) groups excluding carboxylic acids is 2. The minimum absolute atomic E-state index is 0.0316. The van der Waals surface area contributed by atoms with Crippen LogP contribution in [0.4, 0.5) is 0 Å².